The molecule has 6 nitrogen and oxygen atoms in total. The lowest BCUT2D eigenvalue weighted by Crippen LogP contribution is -2.31. The summed E-state index contributed by atoms with van der Waals surface area (Å²) in [6.45, 7) is 3.80. The zero-order chi connectivity index (χ0) is 18.8. The second-order valence-electron chi connectivity index (χ2n) is 7.19. The molecule has 2 aromatic heterocycles. The van der Waals surface area contributed by atoms with Gasteiger partial charge in [0, 0.05) is 25.1 Å². The Morgan fingerprint density at radius 2 is 2.07 bits per heavy atom. The number of benzene rings is 1. The van der Waals surface area contributed by atoms with Gasteiger partial charge < -0.3 is 10.2 Å². The van der Waals surface area contributed by atoms with E-state index < -0.39 is 0 Å². The van der Waals surface area contributed by atoms with Crippen molar-refractivity contribution < 1.29 is 4.79 Å². The number of fused-ring (bicyclic) bond motifs is 1. The Balaban J connectivity index is 1.55. The van der Waals surface area contributed by atoms with Gasteiger partial charge in [0.15, 0.2) is 5.13 Å². The van der Waals surface area contributed by atoms with Crippen LogP contribution in [-0.2, 0) is 11.2 Å². The molecule has 1 N–H and O–H groups in total. The highest BCUT2D eigenvalue weighted by atomic mass is 32.1. The number of thiazole rings is 1. The molecule has 1 saturated heterocycles. The largest absolute Gasteiger partial charge is 0.306 e. The number of hydrogen-bond donors (Lipinski definition) is 1. The highest BCUT2D eigenvalue weighted by Crippen LogP contribution is 2.30. The van der Waals surface area contributed by atoms with Gasteiger partial charge in [0.05, 0.1) is 15.9 Å². The Hall–Kier alpha value is -2.38. The van der Waals surface area contributed by atoms with Crippen molar-refractivity contribution >= 4 is 32.6 Å². The first-order valence-corrected chi connectivity index (χ1v) is 10.1. The number of piperidine rings is 1. The molecule has 140 valence electrons. The maximum atomic E-state index is 11.2. The molecule has 1 amide bonds. The summed E-state index contributed by atoms with van der Waals surface area (Å²) < 4.78 is 1.03. The molecule has 0 bridgehead atoms. The summed E-state index contributed by atoms with van der Waals surface area (Å²) in [6, 6.07) is 8.04. The van der Waals surface area contributed by atoms with Gasteiger partial charge in [-0.05, 0) is 57.1 Å². The zero-order valence-electron chi connectivity index (χ0n) is 15.6. The summed E-state index contributed by atoms with van der Waals surface area (Å²) in [4.78, 5) is 27.4. The first-order chi connectivity index (χ1) is 13.1. The average Bonchev–Trinajstić information content (AvgIpc) is 3.04. The fourth-order valence-electron chi connectivity index (χ4n) is 3.47. The Labute approximate surface area is 162 Å². The number of amides is 1. The van der Waals surface area contributed by atoms with Crippen LogP contribution in [0, 0.1) is 5.92 Å². The predicted molar refractivity (Wildman–Crippen MR) is 109 cm³/mol. The molecule has 0 unspecified atom stereocenters. The fraction of sp³-hybridized carbons (Fsp3) is 0.400. The second kappa shape index (κ2) is 7.70. The van der Waals surface area contributed by atoms with Gasteiger partial charge in [-0.15, -0.1) is 0 Å². The van der Waals surface area contributed by atoms with Crippen LogP contribution in [0.4, 0.5) is 5.13 Å². The Kier molecular flexibility index (Phi) is 5.13. The molecule has 1 fully saturated rings. The van der Waals surface area contributed by atoms with Gasteiger partial charge in [-0.2, -0.15) is 0 Å². The van der Waals surface area contributed by atoms with Crippen molar-refractivity contribution in [3.63, 3.8) is 0 Å². The minimum atomic E-state index is -0.108. The van der Waals surface area contributed by atoms with E-state index in [4.69, 9.17) is 4.98 Å². The third-order valence-electron chi connectivity index (χ3n) is 4.98. The van der Waals surface area contributed by atoms with Gasteiger partial charge in [0.1, 0.15) is 5.82 Å². The molecule has 7 heteroatoms. The predicted octanol–water partition coefficient (Wildman–Crippen LogP) is 3.60. The molecule has 0 atom stereocenters. The van der Waals surface area contributed by atoms with E-state index in [1.807, 2.05) is 24.4 Å². The lowest BCUT2D eigenvalue weighted by Gasteiger charge is -2.28. The highest BCUT2D eigenvalue weighted by molar-refractivity contribution is 7.22. The third-order valence-corrected chi connectivity index (χ3v) is 5.92. The van der Waals surface area contributed by atoms with Crippen molar-refractivity contribution in [2.75, 3.05) is 25.5 Å². The normalized spacial score (nSPS) is 15.9. The van der Waals surface area contributed by atoms with E-state index >= 15 is 0 Å². The Morgan fingerprint density at radius 1 is 1.26 bits per heavy atom. The van der Waals surface area contributed by atoms with E-state index in [2.05, 4.69) is 33.3 Å². The molecule has 4 rings (SSSR count). The van der Waals surface area contributed by atoms with Crippen LogP contribution in [0.5, 0.6) is 0 Å². The van der Waals surface area contributed by atoms with Crippen molar-refractivity contribution in [1.29, 1.82) is 0 Å². The van der Waals surface area contributed by atoms with E-state index in [-0.39, 0.29) is 5.91 Å². The van der Waals surface area contributed by atoms with E-state index in [0.29, 0.717) is 11.0 Å². The number of anilines is 1. The van der Waals surface area contributed by atoms with E-state index in [0.717, 1.165) is 46.8 Å². The number of carbonyl (C=O) groups is 1. The Morgan fingerprint density at radius 3 is 2.85 bits per heavy atom. The summed E-state index contributed by atoms with van der Waals surface area (Å²) in [5.41, 5.74) is 2.87. The molecule has 3 aromatic rings. The van der Waals surface area contributed by atoms with Gasteiger partial charge in [0.25, 0.3) is 0 Å². The molecule has 0 saturated carbocycles. The topological polar surface area (TPSA) is 71.0 Å². The van der Waals surface area contributed by atoms with Gasteiger partial charge in [-0.1, -0.05) is 17.4 Å². The minimum absolute atomic E-state index is 0.108. The third kappa shape index (κ3) is 4.31. The molecular weight excluding hydrogens is 358 g/mol. The number of nitrogens with one attached hydrogen (secondary N) is 1. The van der Waals surface area contributed by atoms with Crippen LogP contribution in [0.2, 0.25) is 0 Å². The van der Waals surface area contributed by atoms with Crippen molar-refractivity contribution in [3.05, 3.63) is 36.3 Å². The van der Waals surface area contributed by atoms with Crippen LogP contribution >= 0.6 is 11.3 Å². The molecule has 0 spiro atoms. The molecule has 1 aliphatic heterocycles. The first-order valence-electron chi connectivity index (χ1n) is 9.26. The summed E-state index contributed by atoms with van der Waals surface area (Å²) >= 11 is 1.48. The van der Waals surface area contributed by atoms with Crippen molar-refractivity contribution in [2.45, 2.75) is 26.2 Å². The van der Waals surface area contributed by atoms with Crippen molar-refractivity contribution in [1.82, 2.24) is 19.9 Å². The number of hydrogen-bond acceptors (Lipinski definition) is 6. The quantitative estimate of drug-likeness (QED) is 0.748. The summed E-state index contributed by atoms with van der Waals surface area (Å²) in [6.07, 6.45) is 5.22. The minimum Gasteiger partial charge on any atom is -0.306 e. The molecule has 1 aromatic carbocycles. The smallest absolute Gasteiger partial charge is 0.223 e. The van der Waals surface area contributed by atoms with Gasteiger partial charge >= 0.3 is 0 Å². The zero-order valence-corrected chi connectivity index (χ0v) is 16.4. The molecule has 1 aliphatic rings. The van der Waals surface area contributed by atoms with Crippen molar-refractivity contribution in [2.24, 2.45) is 5.92 Å². The van der Waals surface area contributed by atoms with Gasteiger partial charge in [-0.25, -0.2) is 15.0 Å². The van der Waals surface area contributed by atoms with E-state index in [1.165, 1.54) is 31.1 Å². The number of rotatable bonds is 4. The first kappa shape index (κ1) is 18.0. The molecule has 27 heavy (non-hydrogen) atoms. The van der Waals surface area contributed by atoms with Crippen LogP contribution < -0.4 is 5.32 Å². The van der Waals surface area contributed by atoms with E-state index in [9.17, 15) is 4.79 Å². The number of nitrogens with zero attached hydrogens (tertiary/aromatic N) is 4. The van der Waals surface area contributed by atoms with Crippen LogP contribution in [0.1, 0.15) is 25.6 Å². The lowest BCUT2D eigenvalue weighted by molar-refractivity contribution is -0.114. The monoisotopic (exact) mass is 381 g/mol. The van der Waals surface area contributed by atoms with Crippen LogP contribution in [0.3, 0.4) is 0 Å². The van der Waals surface area contributed by atoms with Crippen LogP contribution in [0.25, 0.3) is 21.5 Å². The maximum absolute atomic E-state index is 11.2. The SMILES string of the molecule is CC(=O)Nc1nc2ccc(-c3ccnc(CC4CCN(C)CC4)n3)cc2s1. The van der Waals surface area contributed by atoms with Crippen LogP contribution in [-0.4, -0.2) is 45.9 Å². The molecule has 0 radical (unpaired) electrons. The summed E-state index contributed by atoms with van der Waals surface area (Å²) in [7, 11) is 2.18. The summed E-state index contributed by atoms with van der Waals surface area (Å²) in [5, 5.41) is 3.38. The average molecular weight is 382 g/mol. The van der Waals surface area contributed by atoms with Crippen molar-refractivity contribution in [3.8, 4) is 11.3 Å². The summed E-state index contributed by atoms with van der Waals surface area (Å²) in [5.74, 6) is 1.48. The number of carbonyl (C=O) groups excluding carboxylic acids is 1. The van der Waals surface area contributed by atoms with E-state index in [1.54, 1.807) is 0 Å². The second-order valence-corrected chi connectivity index (χ2v) is 8.22. The van der Waals surface area contributed by atoms with Gasteiger partial charge in [-0.3, -0.25) is 4.79 Å². The number of aromatic nitrogens is 3. The lowest BCUT2D eigenvalue weighted by atomic mass is 9.93. The maximum Gasteiger partial charge on any atom is 0.223 e. The Bertz CT molecular complexity index is 962. The highest BCUT2D eigenvalue weighted by Gasteiger charge is 2.18. The van der Waals surface area contributed by atoms with Crippen LogP contribution in [0.15, 0.2) is 30.5 Å². The fourth-order valence-corrected chi connectivity index (χ4v) is 4.42. The number of likely N-dealkylation sites (tertiary alicyclic amines) is 1. The molecular formula is C20H23N5OS. The molecule has 0 aliphatic carbocycles. The van der Waals surface area contributed by atoms with Gasteiger partial charge in [0.2, 0.25) is 5.91 Å². The molecule has 3 heterocycles. The standard InChI is InChI=1S/C20H23N5OS/c1-13(26)22-20-24-17-4-3-15(12-18(17)27-20)16-5-8-21-19(23-16)11-14-6-9-25(2)10-7-14/h3-5,8,12,14H,6-7,9-11H2,1-2H3,(H,22,24,26).